The molecule has 0 radical (unpaired) electrons. The fourth-order valence-corrected chi connectivity index (χ4v) is 1.18. The lowest BCUT2D eigenvalue weighted by molar-refractivity contribution is -0.139. The third kappa shape index (κ3) is 5.19. The fraction of sp³-hybridized carbons (Fsp3) is 0.700. The monoisotopic (exact) mass is 245 g/mol. The molecular weight excluding hydrogens is 226 g/mol. The summed E-state index contributed by atoms with van der Waals surface area (Å²) in [4.78, 5) is 34.9. The maximum atomic E-state index is 11.4. The zero-order valence-corrected chi connectivity index (χ0v) is 10.5. The molecule has 0 heterocycles. The van der Waals surface area contributed by atoms with Gasteiger partial charge in [-0.2, -0.15) is 0 Å². The van der Waals surface area contributed by atoms with Crippen molar-refractivity contribution in [3.63, 3.8) is 0 Å². The number of likely N-dealkylation sites (N-methyl/N-ethyl adjacent to an activating group) is 1. The maximum absolute atomic E-state index is 11.4. The number of hydrogen-bond acceptors (Lipinski definition) is 3. The third-order valence-corrected chi connectivity index (χ3v) is 2.17. The Kier molecular flexibility index (Phi) is 6.01. The van der Waals surface area contributed by atoms with Crippen LogP contribution in [0.3, 0.4) is 0 Å². The van der Waals surface area contributed by atoms with Crippen LogP contribution >= 0.6 is 0 Å². The highest BCUT2D eigenvalue weighted by molar-refractivity contribution is 5.88. The molecule has 1 unspecified atom stereocenters. The van der Waals surface area contributed by atoms with Crippen LogP contribution < -0.4 is 10.6 Å². The largest absolute Gasteiger partial charge is 0.480 e. The van der Waals surface area contributed by atoms with Crippen molar-refractivity contribution < 1.29 is 19.5 Å². The van der Waals surface area contributed by atoms with Gasteiger partial charge >= 0.3 is 12.0 Å². The van der Waals surface area contributed by atoms with Gasteiger partial charge in [0.05, 0.1) is 0 Å². The van der Waals surface area contributed by atoms with Crippen LogP contribution in [0, 0.1) is 0 Å². The van der Waals surface area contributed by atoms with Crippen molar-refractivity contribution in [1.82, 2.24) is 15.5 Å². The van der Waals surface area contributed by atoms with E-state index in [1.807, 2.05) is 0 Å². The molecule has 0 aliphatic rings. The second-order valence-corrected chi connectivity index (χ2v) is 3.87. The van der Waals surface area contributed by atoms with Crippen LogP contribution in [0.15, 0.2) is 0 Å². The van der Waals surface area contributed by atoms with E-state index in [1.54, 1.807) is 21.0 Å². The van der Waals surface area contributed by atoms with E-state index in [9.17, 15) is 14.4 Å². The fourth-order valence-electron chi connectivity index (χ4n) is 1.18. The zero-order chi connectivity index (χ0) is 13.6. The number of hydrogen-bond donors (Lipinski definition) is 3. The molecule has 0 aliphatic heterocycles. The molecule has 0 aromatic carbocycles. The molecule has 7 heteroatoms. The van der Waals surface area contributed by atoms with E-state index in [0.717, 1.165) is 0 Å². The van der Waals surface area contributed by atoms with E-state index in [4.69, 9.17) is 5.11 Å². The number of carboxylic acid groups (broad SMARTS) is 1. The molecule has 0 aliphatic carbocycles. The summed E-state index contributed by atoms with van der Waals surface area (Å²) < 4.78 is 0. The van der Waals surface area contributed by atoms with Crippen molar-refractivity contribution in [3.05, 3.63) is 0 Å². The molecular formula is C10H19N3O4. The number of rotatable bonds is 5. The lowest BCUT2D eigenvalue weighted by Gasteiger charge is -2.19. The molecule has 0 spiro atoms. The van der Waals surface area contributed by atoms with Gasteiger partial charge in [0.25, 0.3) is 0 Å². The Bertz CT molecular complexity index is 304. The molecule has 0 aromatic rings. The van der Waals surface area contributed by atoms with Crippen molar-refractivity contribution in [1.29, 1.82) is 0 Å². The predicted molar refractivity (Wildman–Crippen MR) is 61.5 cm³/mol. The van der Waals surface area contributed by atoms with Gasteiger partial charge in [-0.3, -0.25) is 4.79 Å². The van der Waals surface area contributed by atoms with Crippen molar-refractivity contribution in [2.24, 2.45) is 0 Å². The van der Waals surface area contributed by atoms with Gasteiger partial charge in [0, 0.05) is 14.1 Å². The standard InChI is InChI=1S/C10H19N3O4/c1-5-7(9(15)16)12-10(17)11-6(2)8(14)13(3)4/h6-7H,5H2,1-4H3,(H,15,16)(H2,11,12,17)/t6?,7-/m0/s1. The van der Waals surface area contributed by atoms with Gasteiger partial charge in [0.2, 0.25) is 5.91 Å². The SMILES string of the molecule is CC[C@H](NC(=O)NC(C)C(=O)N(C)C)C(=O)O. The zero-order valence-electron chi connectivity index (χ0n) is 10.5. The molecule has 0 fully saturated rings. The molecule has 7 nitrogen and oxygen atoms in total. The molecule has 2 atom stereocenters. The lowest BCUT2D eigenvalue weighted by Crippen LogP contribution is -2.51. The number of amides is 3. The minimum absolute atomic E-state index is 0.261. The molecule has 0 bridgehead atoms. The first kappa shape index (κ1) is 15.2. The Labute approximate surface area is 100 Å². The Morgan fingerprint density at radius 2 is 1.76 bits per heavy atom. The number of carbonyl (C=O) groups excluding carboxylic acids is 2. The van der Waals surface area contributed by atoms with Crippen LogP contribution in [0.5, 0.6) is 0 Å². The van der Waals surface area contributed by atoms with Crippen LogP contribution in [-0.2, 0) is 9.59 Å². The van der Waals surface area contributed by atoms with Gasteiger partial charge < -0.3 is 20.6 Å². The summed E-state index contributed by atoms with van der Waals surface area (Å²) in [5, 5.41) is 13.4. The van der Waals surface area contributed by atoms with Gasteiger partial charge in [0.1, 0.15) is 12.1 Å². The highest BCUT2D eigenvalue weighted by atomic mass is 16.4. The number of carboxylic acids is 1. The van der Waals surface area contributed by atoms with Crippen molar-refractivity contribution in [2.75, 3.05) is 14.1 Å². The summed E-state index contributed by atoms with van der Waals surface area (Å²) in [6.45, 7) is 3.18. The van der Waals surface area contributed by atoms with E-state index in [2.05, 4.69) is 10.6 Å². The molecule has 98 valence electrons. The van der Waals surface area contributed by atoms with Crippen molar-refractivity contribution in [3.8, 4) is 0 Å². The molecule has 0 rings (SSSR count). The predicted octanol–water partition coefficient (Wildman–Crippen LogP) is -0.374. The average Bonchev–Trinajstić information content (AvgIpc) is 2.23. The first-order chi connectivity index (χ1) is 7.79. The Balaban J connectivity index is 4.27. The number of carbonyl (C=O) groups is 3. The average molecular weight is 245 g/mol. The van der Waals surface area contributed by atoms with Crippen LogP contribution in [-0.4, -0.2) is 54.1 Å². The van der Waals surface area contributed by atoms with E-state index >= 15 is 0 Å². The second-order valence-electron chi connectivity index (χ2n) is 3.87. The smallest absolute Gasteiger partial charge is 0.326 e. The van der Waals surface area contributed by atoms with Crippen molar-refractivity contribution >= 4 is 17.9 Å². The van der Waals surface area contributed by atoms with Crippen LogP contribution in [0.1, 0.15) is 20.3 Å². The summed E-state index contributed by atoms with van der Waals surface area (Å²) in [6, 6.07) is -2.31. The van der Waals surface area contributed by atoms with Crippen LogP contribution in [0.25, 0.3) is 0 Å². The van der Waals surface area contributed by atoms with E-state index in [-0.39, 0.29) is 12.3 Å². The van der Waals surface area contributed by atoms with Crippen LogP contribution in [0.4, 0.5) is 4.79 Å². The van der Waals surface area contributed by atoms with Gasteiger partial charge in [-0.15, -0.1) is 0 Å². The molecule has 0 aromatic heterocycles. The number of nitrogens with zero attached hydrogens (tertiary/aromatic N) is 1. The highest BCUT2D eigenvalue weighted by Gasteiger charge is 2.21. The normalized spacial score (nSPS) is 13.4. The maximum Gasteiger partial charge on any atom is 0.326 e. The van der Waals surface area contributed by atoms with E-state index in [0.29, 0.717) is 0 Å². The minimum Gasteiger partial charge on any atom is -0.480 e. The number of urea groups is 1. The van der Waals surface area contributed by atoms with E-state index in [1.165, 1.54) is 11.8 Å². The number of aliphatic carboxylic acids is 1. The summed E-state index contributed by atoms with van der Waals surface area (Å²) in [7, 11) is 3.15. The van der Waals surface area contributed by atoms with Gasteiger partial charge in [0.15, 0.2) is 0 Å². The number of nitrogens with one attached hydrogen (secondary N) is 2. The molecule has 3 N–H and O–H groups in total. The van der Waals surface area contributed by atoms with Crippen molar-refractivity contribution in [2.45, 2.75) is 32.4 Å². The third-order valence-electron chi connectivity index (χ3n) is 2.17. The molecule has 3 amide bonds. The summed E-state index contributed by atoms with van der Waals surface area (Å²) >= 11 is 0. The summed E-state index contributed by atoms with van der Waals surface area (Å²) in [6.07, 6.45) is 0.277. The highest BCUT2D eigenvalue weighted by Crippen LogP contribution is 1.92. The molecule has 0 saturated heterocycles. The lowest BCUT2D eigenvalue weighted by atomic mass is 10.2. The molecule has 17 heavy (non-hydrogen) atoms. The van der Waals surface area contributed by atoms with Gasteiger partial charge in [-0.25, -0.2) is 9.59 Å². The van der Waals surface area contributed by atoms with E-state index < -0.39 is 24.1 Å². The molecule has 0 saturated carbocycles. The quantitative estimate of drug-likeness (QED) is 0.615. The van der Waals surface area contributed by atoms with Gasteiger partial charge in [-0.05, 0) is 13.3 Å². The summed E-state index contributed by atoms with van der Waals surface area (Å²) in [5.41, 5.74) is 0. The first-order valence-corrected chi connectivity index (χ1v) is 5.30. The summed E-state index contributed by atoms with van der Waals surface area (Å²) in [5.74, 6) is -1.36. The Hall–Kier alpha value is -1.79. The van der Waals surface area contributed by atoms with Crippen LogP contribution in [0.2, 0.25) is 0 Å². The Morgan fingerprint density at radius 3 is 2.12 bits per heavy atom. The van der Waals surface area contributed by atoms with Gasteiger partial charge in [-0.1, -0.05) is 6.92 Å². The minimum atomic E-state index is -1.10. The Morgan fingerprint density at radius 1 is 1.24 bits per heavy atom. The first-order valence-electron chi connectivity index (χ1n) is 5.30. The second kappa shape index (κ2) is 6.72. The topological polar surface area (TPSA) is 98.7 Å².